The van der Waals surface area contributed by atoms with Crippen molar-refractivity contribution in [3.63, 3.8) is 0 Å². The van der Waals surface area contributed by atoms with Gasteiger partial charge in [-0.3, -0.25) is 4.79 Å². The minimum atomic E-state index is 0.185. The van der Waals surface area contributed by atoms with Crippen LogP contribution >= 0.6 is 23.1 Å². The van der Waals surface area contributed by atoms with Gasteiger partial charge in [0.1, 0.15) is 0 Å². The van der Waals surface area contributed by atoms with E-state index in [-0.39, 0.29) is 5.78 Å². The van der Waals surface area contributed by atoms with Gasteiger partial charge in [0, 0.05) is 16.2 Å². The zero-order valence-corrected chi connectivity index (χ0v) is 10.5. The molecule has 0 aliphatic carbocycles. The maximum Gasteiger partial charge on any atom is 0.204 e. The number of thioether (sulfide) groups is 1. The smallest absolute Gasteiger partial charge is 0.204 e. The van der Waals surface area contributed by atoms with Crippen molar-refractivity contribution < 1.29 is 4.79 Å². The van der Waals surface area contributed by atoms with Gasteiger partial charge in [-0.25, -0.2) is 0 Å². The van der Waals surface area contributed by atoms with Crippen molar-refractivity contribution in [2.75, 3.05) is 0 Å². The number of aryl methyl sites for hydroxylation is 1. The lowest BCUT2D eigenvalue weighted by atomic mass is 10.1. The highest BCUT2D eigenvalue weighted by Crippen LogP contribution is 2.36. The number of benzene rings is 1. The Balaban J connectivity index is 2.20. The Morgan fingerprint density at radius 2 is 2.12 bits per heavy atom. The van der Waals surface area contributed by atoms with Crippen molar-refractivity contribution in [2.45, 2.75) is 17.6 Å². The molecule has 0 amide bonds. The molecule has 0 fully saturated rings. The Morgan fingerprint density at radius 1 is 1.25 bits per heavy atom. The second-order valence-electron chi connectivity index (χ2n) is 3.89. The van der Waals surface area contributed by atoms with Crippen molar-refractivity contribution >= 4 is 28.9 Å². The lowest BCUT2D eigenvalue weighted by molar-refractivity contribution is 0.103. The van der Waals surface area contributed by atoms with E-state index in [0.29, 0.717) is 0 Å². The SMILES string of the molecule is Cc1ccc2c(c1)SCc1ccsc1C2=O. The second-order valence-corrected chi connectivity index (χ2v) is 5.83. The van der Waals surface area contributed by atoms with Crippen LogP contribution in [0.15, 0.2) is 34.5 Å². The normalized spacial score (nSPS) is 14.2. The van der Waals surface area contributed by atoms with Crippen LogP contribution in [0, 0.1) is 6.92 Å². The quantitative estimate of drug-likeness (QED) is 0.701. The zero-order valence-electron chi connectivity index (χ0n) is 8.82. The van der Waals surface area contributed by atoms with Gasteiger partial charge in [0.2, 0.25) is 5.78 Å². The molecule has 0 bridgehead atoms. The highest BCUT2D eigenvalue weighted by molar-refractivity contribution is 7.98. The van der Waals surface area contributed by atoms with Gasteiger partial charge in [-0.05, 0) is 41.6 Å². The van der Waals surface area contributed by atoms with Gasteiger partial charge in [-0.15, -0.1) is 23.1 Å². The summed E-state index contributed by atoms with van der Waals surface area (Å²) in [5, 5.41) is 2.00. The van der Waals surface area contributed by atoms with Gasteiger partial charge in [0.15, 0.2) is 0 Å². The molecule has 0 unspecified atom stereocenters. The third kappa shape index (κ3) is 1.51. The fourth-order valence-corrected chi connectivity index (χ4v) is 3.97. The first-order valence-electron chi connectivity index (χ1n) is 5.10. The predicted octanol–water partition coefficient (Wildman–Crippen LogP) is 3.89. The summed E-state index contributed by atoms with van der Waals surface area (Å²) >= 11 is 3.31. The van der Waals surface area contributed by atoms with Crippen molar-refractivity contribution in [3.05, 3.63) is 51.2 Å². The number of ketones is 1. The molecule has 3 heteroatoms. The third-order valence-electron chi connectivity index (χ3n) is 2.72. The first-order valence-corrected chi connectivity index (χ1v) is 6.97. The summed E-state index contributed by atoms with van der Waals surface area (Å²) in [6.07, 6.45) is 0. The van der Waals surface area contributed by atoms with Crippen LogP contribution in [0.5, 0.6) is 0 Å². The Morgan fingerprint density at radius 3 is 3.00 bits per heavy atom. The van der Waals surface area contributed by atoms with Crippen LogP contribution in [0.1, 0.15) is 26.4 Å². The number of fused-ring (bicyclic) bond motifs is 2. The summed E-state index contributed by atoms with van der Waals surface area (Å²) < 4.78 is 0. The highest BCUT2D eigenvalue weighted by atomic mass is 32.2. The Bertz CT molecular complexity index is 569. The molecule has 1 aliphatic rings. The number of hydrogen-bond donors (Lipinski definition) is 0. The molecule has 80 valence electrons. The van der Waals surface area contributed by atoms with Crippen molar-refractivity contribution in [1.29, 1.82) is 0 Å². The van der Waals surface area contributed by atoms with E-state index < -0.39 is 0 Å². The molecule has 2 aromatic rings. The fraction of sp³-hybridized carbons (Fsp3) is 0.154. The van der Waals surface area contributed by atoms with Gasteiger partial charge >= 0.3 is 0 Å². The van der Waals surface area contributed by atoms with E-state index in [1.165, 1.54) is 11.1 Å². The van der Waals surface area contributed by atoms with Crippen LogP contribution in [0.3, 0.4) is 0 Å². The van der Waals surface area contributed by atoms with Gasteiger partial charge < -0.3 is 0 Å². The van der Waals surface area contributed by atoms with Crippen LogP contribution in [0.2, 0.25) is 0 Å². The summed E-state index contributed by atoms with van der Waals surface area (Å²) in [7, 11) is 0. The molecule has 16 heavy (non-hydrogen) atoms. The van der Waals surface area contributed by atoms with E-state index >= 15 is 0 Å². The highest BCUT2D eigenvalue weighted by Gasteiger charge is 2.22. The first-order chi connectivity index (χ1) is 7.75. The summed E-state index contributed by atoms with van der Waals surface area (Å²) in [6, 6.07) is 8.13. The molecule has 0 spiro atoms. The van der Waals surface area contributed by atoms with Gasteiger partial charge in [0.25, 0.3) is 0 Å². The van der Waals surface area contributed by atoms with Crippen LogP contribution in [0.4, 0.5) is 0 Å². The summed E-state index contributed by atoms with van der Waals surface area (Å²) in [4.78, 5) is 14.3. The average Bonchev–Trinajstić information content (AvgIpc) is 2.69. The van der Waals surface area contributed by atoms with Crippen molar-refractivity contribution in [3.8, 4) is 0 Å². The first kappa shape index (κ1) is 10.1. The Hall–Kier alpha value is -1.06. The van der Waals surface area contributed by atoms with Gasteiger partial charge in [0.05, 0.1) is 4.88 Å². The molecule has 1 aromatic carbocycles. The molecular formula is C13H10OS2. The number of carbonyl (C=O) groups is 1. The van der Waals surface area contributed by atoms with Crippen LogP contribution in [-0.4, -0.2) is 5.78 Å². The monoisotopic (exact) mass is 246 g/mol. The number of rotatable bonds is 0. The number of thiophene rings is 1. The Labute approximate surface area is 103 Å². The molecule has 2 heterocycles. The molecule has 3 rings (SSSR count). The molecular weight excluding hydrogens is 236 g/mol. The molecule has 1 aliphatic heterocycles. The summed E-state index contributed by atoms with van der Waals surface area (Å²) in [5.74, 6) is 1.09. The lowest BCUT2D eigenvalue weighted by Gasteiger charge is -2.04. The van der Waals surface area contributed by atoms with Crippen LogP contribution in [0.25, 0.3) is 0 Å². The molecule has 0 N–H and O–H groups in total. The third-order valence-corrected chi connectivity index (χ3v) is 4.78. The molecule has 1 nitrogen and oxygen atoms in total. The molecule has 0 saturated carbocycles. The predicted molar refractivity (Wildman–Crippen MR) is 68.5 cm³/mol. The van der Waals surface area contributed by atoms with E-state index in [1.54, 1.807) is 23.1 Å². The van der Waals surface area contributed by atoms with E-state index in [9.17, 15) is 4.79 Å². The fourth-order valence-electron chi connectivity index (χ4n) is 1.86. The molecule has 0 saturated heterocycles. The minimum absolute atomic E-state index is 0.185. The van der Waals surface area contributed by atoms with Gasteiger partial charge in [-0.2, -0.15) is 0 Å². The molecule has 0 atom stereocenters. The van der Waals surface area contributed by atoms with E-state index in [4.69, 9.17) is 0 Å². The van der Waals surface area contributed by atoms with Crippen molar-refractivity contribution in [2.24, 2.45) is 0 Å². The van der Waals surface area contributed by atoms with E-state index in [2.05, 4.69) is 19.1 Å². The maximum atomic E-state index is 12.3. The topological polar surface area (TPSA) is 17.1 Å². The van der Waals surface area contributed by atoms with Crippen LogP contribution < -0.4 is 0 Å². The Kier molecular flexibility index (Phi) is 2.37. The number of hydrogen-bond acceptors (Lipinski definition) is 3. The second kappa shape index (κ2) is 3.75. The average molecular weight is 246 g/mol. The number of carbonyl (C=O) groups excluding carboxylic acids is 1. The van der Waals surface area contributed by atoms with E-state index in [1.807, 2.05) is 17.5 Å². The maximum absolute atomic E-state index is 12.3. The van der Waals surface area contributed by atoms with E-state index in [0.717, 1.165) is 21.1 Å². The summed E-state index contributed by atoms with van der Waals surface area (Å²) in [6.45, 7) is 2.06. The lowest BCUT2D eigenvalue weighted by Crippen LogP contribution is -2.00. The zero-order chi connectivity index (χ0) is 11.1. The largest absolute Gasteiger partial charge is 0.288 e. The minimum Gasteiger partial charge on any atom is -0.288 e. The summed E-state index contributed by atoms with van der Waals surface area (Å²) in [5.41, 5.74) is 3.25. The van der Waals surface area contributed by atoms with Crippen LogP contribution in [-0.2, 0) is 5.75 Å². The standard InChI is InChI=1S/C13H10OS2/c1-8-2-3-10-11(6-8)16-7-9-4-5-15-13(9)12(10)14/h2-6H,7H2,1H3. The molecule has 1 aromatic heterocycles. The molecule has 0 radical (unpaired) electrons. The van der Waals surface area contributed by atoms with Gasteiger partial charge in [-0.1, -0.05) is 6.07 Å². The van der Waals surface area contributed by atoms with Crippen molar-refractivity contribution in [1.82, 2.24) is 0 Å².